The number of nitrogens with one attached hydrogen (secondary N) is 2. The first kappa shape index (κ1) is 20.8. The molecule has 1 unspecified atom stereocenters. The number of aryl methyl sites for hydroxylation is 2. The molecule has 3 N–H and O–H groups in total. The average Bonchev–Trinajstić information content (AvgIpc) is 3.09. The molecule has 0 aliphatic rings. The van der Waals surface area contributed by atoms with Gasteiger partial charge < -0.3 is 14.8 Å². The van der Waals surface area contributed by atoms with Gasteiger partial charge in [-0.2, -0.15) is 0 Å². The van der Waals surface area contributed by atoms with Crippen LogP contribution in [0, 0.1) is 13.8 Å². The molecule has 0 spiro atoms. The van der Waals surface area contributed by atoms with Gasteiger partial charge in [0.05, 0.1) is 29.1 Å². The number of imidazole rings is 1. The average molecular weight is 417 g/mol. The predicted octanol–water partition coefficient (Wildman–Crippen LogP) is 2.97. The van der Waals surface area contributed by atoms with Crippen LogP contribution in [0.1, 0.15) is 40.3 Å². The van der Waals surface area contributed by atoms with Crippen molar-refractivity contribution in [1.82, 2.24) is 15.3 Å². The van der Waals surface area contributed by atoms with E-state index in [1.54, 1.807) is 45.0 Å². The number of aromatic amines is 1. The summed E-state index contributed by atoms with van der Waals surface area (Å²) in [6, 6.07) is 7.79. The Labute approximate surface area is 168 Å². The highest BCUT2D eigenvalue weighted by molar-refractivity contribution is 7.91. The van der Waals surface area contributed by atoms with E-state index in [1.165, 1.54) is 13.2 Å². The molecule has 3 aromatic rings. The summed E-state index contributed by atoms with van der Waals surface area (Å²) in [6.45, 7) is 5.23. The van der Waals surface area contributed by atoms with Crippen molar-refractivity contribution in [2.24, 2.45) is 0 Å². The van der Waals surface area contributed by atoms with Gasteiger partial charge in [0.1, 0.15) is 23.0 Å². The van der Waals surface area contributed by atoms with Crippen molar-refractivity contribution in [2.75, 3.05) is 13.0 Å². The molecule has 0 aliphatic heterocycles. The first-order valence-corrected chi connectivity index (χ1v) is 10.6. The number of aromatic nitrogens is 2. The summed E-state index contributed by atoms with van der Waals surface area (Å²) in [4.78, 5) is 19.0. The number of rotatable bonds is 7. The van der Waals surface area contributed by atoms with E-state index in [9.17, 15) is 18.3 Å². The summed E-state index contributed by atoms with van der Waals surface area (Å²) >= 11 is 0. The van der Waals surface area contributed by atoms with Crippen LogP contribution in [-0.4, -0.2) is 42.4 Å². The fourth-order valence-corrected chi connectivity index (χ4v) is 5.06. The Bertz CT molecular complexity index is 1160. The minimum absolute atomic E-state index is 0.0919. The molecule has 0 amide bonds. The van der Waals surface area contributed by atoms with Crippen LogP contribution >= 0.6 is 0 Å². The van der Waals surface area contributed by atoms with Crippen molar-refractivity contribution >= 4 is 26.8 Å². The second kappa shape index (κ2) is 7.84. The van der Waals surface area contributed by atoms with Crippen LogP contribution in [0.2, 0.25) is 0 Å². The van der Waals surface area contributed by atoms with Crippen LogP contribution in [0.4, 0.5) is 0 Å². The number of H-pyrrole nitrogens is 1. The number of sulfone groups is 1. The number of carbonyl (C=O) groups is 1. The molecule has 154 valence electrons. The van der Waals surface area contributed by atoms with Crippen LogP contribution < -0.4 is 10.1 Å². The second-order valence-electron chi connectivity index (χ2n) is 6.90. The van der Waals surface area contributed by atoms with Gasteiger partial charge in [-0.25, -0.2) is 18.2 Å². The molecule has 1 atom stereocenters. The van der Waals surface area contributed by atoms with E-state index in [-0.39, 0.29) is 16.3 Å². The summed E-state index contributed by atoms with van der Waals surface area (Å²) in [5, 5.41) is 12.3. The Morgan fingerprint density at radius 1 is 1.28 bits per heavy atom. The van der Waals surface area contributed by atoms with Crippen LogP contribution in [0.25, 0.3) is 11.0 Å². The number of hydrogen-bond acceptors (Lipinski definition) is 6. The fourth-order valence-electron chi connectivity index (χ4n) is 3.35. The van der Waals surface area contributed by atoms with Gasteiger partial charge in [-0.05, 0) is 56.2 Å². The van der Waals surface area contributed by atoms with Gasteiger partial charge in [0.15, 0.2) is 9.84 Å². The van der Waals surface area contributed by atoms with E-state index >= 15 is 0 Å². The minimum Gasteiger partial charge on any atom is -0.497 e. The summed E-state index contributed by atoms with van der Waals surface area (Å²) < 4.78 is 31.0. The summed E-state index contributed by atoms with van der Waals surface area (Å²) in [7, 11) is -2.07. The van der Waals surface area contributed by atoms with Crippen molar-refractivity contribution in [3.8, 4) is 5.75 Å². The quantitative estimate of drug-likeness (QED) is 0.540. The summed E-state index contributed by atoms with van der Waals surface area (Å²) in [5.41, 5.74) is 2.25. The molecular formula is C20H23N3O5S. The number of fused-ring (bicyclic) bond motifs is 1. The molecule has 0 aliphatic carbocycles. The highest BCUT2D eigenvalue weighted by Gasteiger charge is 2.23. The van der Waals surface area contributed by atoms with Crippen LogP contribution in [0.15, 0.2) is 35.2 Å². The molecule has 0 radical (unpaired) electrons. The van der Waals surface area contributed by atoms with Crippen molar-refractivity contribution in [3.05, 3.63) is 52.8 Å². The van der Waals surface area contributed by atoms with E-state index in [1.807, 2.05) is 0 Å². The molecule has 1 aromatic heterocycles. The lowest BCUT2D eigenvalue weighted by atomic mass is 10.1. The molecule has 9 heteroatoms. The number of para-hydroxylation sites is 1. The Morgan fingerprint density at radius 3 is 2.52 bits per heavy atom. The summed E-state index contributed by atoms with van der Waals surface area (Å²) in [5.74, 6) is -0.281. The van der Waals surface area contributed by atoms with Gasteiger partial charge in [0.25, 0.3) is 0 Å². The van der Waals surface area contributed by atoms with E-state index < -0.39 is 21.8 Å². The van der Waals surface area contributed by atoms with Gasteiger partial charge in [0.2, 0.25) is 0 Å². The lowest BCUT2D eigenvalue weighted by Gasteiger charge is -2.15. The third-order valence-corrected chi connectivity index (χ3v) is 6.54. The number of aromatic carboxylic acids is 1. The Kier molecular flexibility index (Phi) is 5.63. The van der Waals surface area contributed by atoms with Gasteiger partial charge in [-0.3, -0.25) is 5.32 Å². The van der Waals surface area contributed by atoms with Crippen LogP contribution in [0.3, 0.4) is 0 Å². The van der Waals surface area contributed by atoms with E-state index in [0.29, 0.717) is 33.7 Å². The monoisotopic (exact) mass is 417 g/mol. The molecule has 3 rings (SSSR count). The van der Waals surface area contributed by atoms with Crippen molar-refractivity contribution < 1.29 is 23.1 Å². The van der Waals surface area contributed by atoms with E-state index in [4.69, 9.17) is 4.74 Å². The summed E-state index contributed by atoms with van der Waals surface area (Å²) in [6.07, 6.45) is 0. The number of carboxylic acids is 1. The highest BCUT2D eigenvalue weighted by atomic mass is 32.2. The number of hydrogen-bond donors (Lipinski definition) is 3. The van der Waals surface area contributed by atoms with Crippen LogP contribution in [-0.2, 0) is 9.84 Å². The highest BCUT2D eigenvalue weighted by Crippen LogP contribution is 2.27. The van der Waals surface area contributed by atoms with Crippen molar-refractivity contribution in [1.29, 1.82) is 0 Å². The zero-order chi connectivity index (χ0) is 21.3. The topological polar surface area (TPSA) is 121 Å². The molecule has 0 saturated heterocycles. The van der Waals surface area contributed by atoms with Gasteiger partial charge >= 0.3 is 5.97 Å². The number of methoxy groups -OCH3 is 1. The van der Waals surface area contributed by atoms with Crippen molar-refractivity contribution in [3.63, 3.8) is 0 Å². The Hall–Kier alpha value is -2.91. The normalized spacial score (nSPS) is 12.8. The first-order valence-electron chi connectivity index (χ1n) is 8.97. The SMILES string of the molecule is COc1cc(C)c(S(=O)(=O)CNC(C)c2nc3c(C(=O)O)cccc3[nH]2)c(C)c1. The maximum absolute atomic E-state index is 12.9. The maximum Gasteiger partial charge on any atom is 0.337 e. The number of carboxylic acid groups (broad SMARTS) is 1. The van der Waals surface area contributed by atoms with Gasteiger partial charge in [0, 0.05) is 0 Å². The molecule has 0 bridgehead atoms. The number of ether oxygens (including phenoxy) is 1. The van der Waals surface area contributed by atoms with Crippen molar-refractivity contribution in [2.45, 2.75) is 31.7 Å². The standard InChI is InChI=1S/C20H23N3O5S/c1-11-8-14(28-4)9-12(2)18(11)29(26,27)10-21-13(3)19-22-16-7-5-6-15(20(24)25)17(16)23-19/h5-9,13,21H,10H2,1-4H3,(H,22,23)(H,24,25). The Balaban J connectivity index is 1.83. The number of benzene rings is 2. The van der Waals surface area contributed by atoms with E-state index in [2.05, 4.69) is 15.3 Å². The fraction of sp³-hybridized carbons (Fsp3) is 0.300. The number of nitrogens with zero attached hydrogens (tertiary/aromatic N) is 1. The van der Waals surface area contributed by atoms with Gasteiger partial charge in [-0.15, -0.1) is 0 Å². The maximum atomic E-state index is 12.9. The zero-order valence-corrected chi connectivity index (χ0v) is 17.4. The molecule has 8 nitrogen and oxygen atoms in total. The molecule has 0 saturated carbocycles. The third-order valence-electron chi connectivity index (χ3n) is 4.73. The first-order chi connectivity index (χ1) is 13.6. The predicted molar refractivity (Wildman–Crippen MR) is 109 cm³/mol. The Morgan fingerprint density at radius 2 is 1.93 bits per heavy atom. The second-order valence-corrected chi connectivity index (χ2v) is 8.83. The van der Waals surface area contributed by atoms with E-state index in [0.717, 1.165) is 0 Å². The lowest BCUT2D eigenvalue weighted by Crippen LogP contribution is -2.27. The van der Waals surface area contributed by atoms with Gasteiger partial charge in [-0.1, -0.05) is 6.07 Å². The molecule has 29 heavy (non-hydrogen) atoms. The zero-order valence-electron chi connectivity index (χ0n) is 16.6. The molecule has 0 fully saturated rings. The van der Waals surface area contributed by atoms with Crippen LogP contribution in [0.5, 0.6) is 5.75 Å². The smallest absolute Gasteiger partial charge is 0.337 e. The lowest BCUT2D eigenvalue weighted by molar-refractivity contribution is 0.0699. The third kappa shape index (κ3) is 4.10. The molecule has 1 heterocycles. The molecular weight excluding hydrogens is 394 g/mol. The molecule has 2 aromatic carbocycles. The largest absolute Gasteiger partial charge is 0.497 e. The minimum atomic E-state index is -3.60.